The van der Waals surface area contributed by atoms with E-state index in [1.807, 2.05) is 50.2 Å². The molecule has 0 radical (unpaired) electrons. The van der Waals surface area contributed by atoms with E-state index in [9.17, 15) is 9.59 Å². The fourth-order valence-electron chi connectivity index (χ4n) is 3.26. The first-order valence-corrected chi connectivity index (χ1v) is 10.9. The second kappa shape index (κ2) is 10.0. The van der Waals surface area contributed by atoms with Gasteiger partial charge in [0.15, 0.2) is 6.61 Å². The second-order valence-corrected chi connectivity index (χ2v) is 8.52. The normalized spacial score (nSPS) is 14.0. The average molecular weight is 433 g/mol. The molecule has 5 nitrogen and oxygen atoms in total. The molecule has 2 aromatic rings. The number of carbonyl (C=O) groups excluding carboxylic acids is 2. The highest BCUT2D eigenvalue weighted by Crippen LogP contribution is 2.23. The number of carbonyl (C=O) groups is 2. The molecule has 0 atom stereocenters. The van der Waals surface area contributed by atoms with Crippen LogP contribution in [0.15, 0.2) is 47.4 Å². The molecular weight excluding hydrogens is 408 g/mol. The molecule has 0 aliphatic carbocycles. The number of thioether (sulfide) groups is 1. The maximum atomic E-state index is 12.4. The van der Waals surface area contributed by atoms with Crippen molar-refractivity contribution in [1.29, 1.82) is 0 Å². The number of benzene rings is 2. The van der Waals surface area contributed by atoms with E-state index in [0.717, 1.165) is 29.2 Å². The van der Waals surface area contributed by atoms with Crippen molar-refractivity contribution in [3.8, 4) is 0 Å². The molecule has 1 heterocycles. The Bertz CT molecular complexity index is 882. The molecule has 0 unspecified atom stereocenters. The smallest absolute Gasteiger partial charge is 0.316 e. The number of esters is 1. The van der Waals surface area contributed by atoms with E-state index in [4.69, 9.17) is 16.3 Å². The zero-order valence-electron chi connectivity index (χ0n) is 16.7. The lowest BCUT2D eigenvalue weighted by molar-refractivity contribution is -0.150. The number of piperazine rings is 1. The molecule has 2 aromatic carbocycles. The fourth-order valence-corrected chi connectivity index (χ4v) is 4.25. The van der Waals surface area contributed by atoms with E-state index in [2.05, 4.69) is 11.0 Å². The van der Waals surface area contributed by atoms with Gasteiger partial charge < -0.3 is 14.5 Å². The van der Waals surface area contributed by atoms with Crippen LogP contribution in [0.3, 0.4) is 0 Å². The van der Waals surface area contributed by atoms with E-state index in [-0.39, 0.29) is 24.2 Å². The molecule has 7 heteroatoms. The summed E-state index contributed by atoms with van der Waals surface area (Å²) in [7, 11) is 0. The van der Waals surface area contributed by atoms with Crippen LogP contribution in [-0.2, 0) is 14.3 Å². The van der Waals surface area contributed by atoms with E-state index in [1.54, 1.807) is 4.90 Å². The van der Waals surface area contributed by atoms with Gasteiger partial charge in [-0.2, -0.15) is 0 Å². The first-order valence-electron chi connectivity index (χ1n) is 9.56. The van der Waals surface area contributed by atoms with Gasteiger partial charge in [0.25, 0.3) is 5.91 Å². The molecule has 1 saturated heterocycles. The molecule has 3 rings (SSSR count). The number of aryl methyl sites for hydroxylation is 2. The zero-order chi connectivity index (χ0) is 20.8. The lowest BCUT2D eigenvalue weighted by Crippen LogP contribution is -2.50. The largest absolute Gasteiger partial charge is 0.455 e. The number of amides is 1. The summed E-state index contributed by atoms with van der Waals surface area (Å²) in [6, 6.07) is 13.8. The van der Waals surface area contributed by atoms with Crippen LogP contribution in [0.2, 0.25) is 5.02 Å². The monoisotopic (exact) mass is 432 g/mol. The van der Waals surface area contributed by atoms with Gasteiger partial charge in [0.1, 0.15) is 0 Å². The van der Waals surface area contributed by atoms with Gasteiger partial charge in [-0.1, -0.05) is 35.4 Å². The first-order chi connectivity index (χ1) is 13.9. The summed E-state index contributed by atoms with van der Waals surface area (Å²) in [5.74, 6) is -0.332. The third-order valence-electron chi connectivity index (χ3n) is 4.84. The standard InChI is InChI=1S/C22H25ClN2O3S/c1-16-6-7-20(17(2)12-16)29-15-22(27)28-14-21(26)25-10-8-24(9-11-25)19-5-3-4-18(23)13-19/h3-7,12-13H,8-11,14-15H2,1-2H3. The van der Waals surface area contributed by atoms with Gasteiger partial charge in [-0.15, -0.1) is 11.8 Å². The summed E-state index contributed by atoms with van der Waals surface area (Å²) in [6.45, 7) is 6.50. The van der Waals surface area contributed by atoms with Crippen LogP contribution in [-0.4, -0.2) is 55.3 Å². The van der Waals surface area contributed by atoms with Gasteiger partial charge in [-0.3, -0.25) is 9.59 Å². The van der Waals surface area contributed by atoms with Crippen LogP contribution in [0, 0.1) is 13.8 Å². The number of rotatable bonds is 6. The summed E-state index contributed by atoms with van der Waals surface area (Å²) in [5, 5.41) is 0.701. The van der Waals surface area contributed by atoms with Crippen molar-refractivity contribution in [1.82, 2.24) is 4.90 Å². The van der Waals surface area contributed by atoms with Crippen molar-refractivity contribution in [2.24, 2.45) is 0 Å². The highest BCUT2D eigenvalue weighted by Gasteiger charge is 2.22. The Hall–Kier alpha value is -2.18. The van der Waals surface area contributed by atoms with Crippen molar-refractivity contribution in [2.75, 3.05) is 43.4 Å². The SMILES string of the molecule is Cc1ccc(SCC(=O)OCC(=O)N2CCN(c3cccc(Cl)c3)CC2)c(C)c1. The van der Waals surface area contributed by atoms with E-state index in [0.29, 0.717) is 18.1 Å². The Morgan fingerprint density at radius 3 is 2.52 bits per heavy atom. The van der Waals surface area contributed by atoms with E-state index >= 15 is 0 Å². The highest BCUT2D eigenvalue weighted by atomic mass is 35.5. The molecule has 29 heavy (non-hydrogen) atoms. The Kier molecular flexibility index (Phi) is 7.45. The predicted molar refractivity (Wildman–Crippen MR) is 118 cm³/mol. The lowest BCUT2D eigenvalue weighted by Gasteiger charge is -2.36. The molecule has 154 valence electrons. The number of halogens is 1. The molecular formula is C22H25ClN2O3S. The summed E-state index contributed by atoms with van der Waals surface area (Å²) in [4.78, 5) is 29.4. The van der Waals surface area contributed by atoms with E-state index in [1.165, 1.54) is 17.3 Å². The van der Waals surface area contributed by atoms with Crippen molar-refractivity contribution in [3.63, 3.8) is 0 Å². The van der Waals surface area contributed by atoms with Crippen LogP contribution in [0.25, 0.3) is 0 Å². The third kappa shape index (κ3) is 6.15. The summed E-state index contributed by atoms with van der Waals surface area (Å²) >= 11 is 7.49. The van der Waals surface area contributed by atoms with Crippen molar-refractivity contribution in [2.45, 2.75) is 18.7 Å². The number of hydrogen-bond donors (Lipinski definition) is 0. The maximum absolute atomic E-state index is 12.4. The molecule has 0 bridgehead atoms. The minimum Gasteiger partial charge on any atom is -0.455 e. The average Bonchev–Trinajstić information content (AvgIpc) is 2.71. The summed E-state index contributed by atoms with van der Waals surface area (Å²) in [5.41, 5.74) is 3.38. The molecule has 1 aliphatic heterocycles. The highest BCUT2D eigenvalue weighted by molar-refractivity contribution is 8.00. The van der Waals surface area contributed by atoms with Crippen molar-refractivity contribution < 1.29 is 14.3 Å². The molecule has 1 amide bonds. The van der Waals surface area contributed by atoms with E-state index < -0.39 is 0 Å². The predicted octanol–water partition coefficient (Wildman–Crippen LogP) is 3.94. The van der Waals surface area contributed by atoms with Gasteiger partial charge in [0.2, 0.25) is 0 Å². The Balaban J connectivity index is 1.40. The molecule has 0 aromatic heterocycles. The van der Waals surface area contributed by atoms with Crippen molar-refractivity contribution in [3.05, 3.63) is 58.6 Å². The van der Waals surface area contributed by atoms with Gasteiger partial charge in [-0.25, -0.2) is 0 Å². The zero-order valence-corrected chi connectivity index (χ0v) is 18.3. The quantitative estimate of drug-likeness (QED) is 0.511. The number of anilines is 1. The molecule has 0 spiro atoms. The number of nitrogens with zero attached hydrogens (tertiary/aromatic N) is 2. The minimum atomic E-state index is -0.374. The van der Waals surface area contributed by atoms with Crippen LogP contribution in [0.4, 0.5) is 5.69 Å². The molecule has 0 N–H and O–H groups in total. The lowest BCUT2D eigenvalue weighted by atomic mass is 10.2. The van der Waals surface area contributed by atoms with Crippen LogP contribution in [0.5, 0.6) is 0 Å². The first kappa shape index (κ1) is 21.5. The van der Waals surface area contributed by atoms with Crippen LogP contribution in [0.1, 0.15) is 11.1 Å². The number of ether oxygens (including phenoxy) is 1. The molecule has 1 aliphatic rings. The summed E-state index contributed by atoms with van der Waals surface area (Å²) in [6.07, 6.45) is 0. The molecule has 0 saturated carbocycles. The van der Waals surface area contributed by atoms with Gasteiger partial charge in [0, 0.05) is 41.8 Å². The Labute approximate surface area is 181 Å². The minimum absolute atomic E-state index is 0.152. The summed E-state index contributed by atoms with van der Waals surface area (Å²) < 4.78 is 5.19. The van der Waals surface area contributed by atoms with Gasteiger partial charge in [0.05, 0.1) is 5.75 Å². The van der Waals surface area contributed by atoms with Crippen molar-refractivity contribution >= 4 is 40.9 Å². The second-order valence-electron chi connectivity index (χ2n) is 7.07. The fraction of sp³-hybridized carbons (Fsp3) is 0.364. The Morgan fingerprint density at radius 1 is 1.07 bits per heavy atom. The Morgan fingerprint density at radius 2 is 1.83 bits per heavy atom. The maximum Gasteiger partial charge on any atom is 0.316 e. The number of hydrogen-bond acceptors (Lipinski definition) is 5. The topological polar surface area (TPSA) is 49.9 Å². The van der Waals surface area contributed by atoms with Gasteiger partial charge >= 0.3 is 5.97 Å². The molecule has 1 fully saturated rings. The van der Waals surface area contributed by atoms with Crippen LogP contribution >= 0.6 is 23.4 Å². The third-order valence-corrected chi connectivity index (χ3v) is 6.22. The van der Waals surface area contributed by atoms with Gasteiger partial charge in [-0.05, 0) is 43.7 Å². The van der Waals surface area contributed by atoms with Crippen LogP contribution < -0.4 is 4.90 Å².